The predicted octanol–water partition coefficient (Wildman–Crippen LogP) is 1.80. The maximum absolute atomic E-state index is 11.2. The lowest BCUT2D eigenvalue weighted by atomic mass is 9.94. The van der Waals surface area contributed by atoms with Crippen LogP contribution in [0, 0.1) is 0 Å². The highest BCUT2D eigenvalue weighted by molar-refractivity contribution is 5.79. The summed E-state index contributed by atoms with van der Waals surface area (Å²) in [6.07, 6.45) is 4.08. The van der Waals surface area contributed by atoms with E-state index in [-0.39, 0.29) is 5.54 Å². The maximum atomic E-state index is 11.2. The molecule has 0 N–H and O–H groups in total. The van der Waals surface area contributed by atoms with Gasteiger partial charge in [0.25, 0.3) is 0 Å². The molecule has 1 heterocycles. The van der Waals surface area contributed by atoms with E-state index in [0.29, 0.717) is 5.91 Å². The van der Waals surface area contributed by atoms with Gasteiger partial charge in [-0.3, -0.25) is 4.79 Å². The minimum Gasteiger partial charge on any atom is -0.340 e. The highest BCUT2D eigenvalue weighted by Gasteiger charge is 2.37. The molecule has 1 amide bonds. The Kier molecular flexibility index (Phi) is 2.21. The zero-order chi connectivity index (χ0) is 8.48. The Labute approximate surface area is 68.6 Å². The first-order valence-electron chi connectivity index (χ1n) is 4.37. The number of nitrogens with zero attached hydrogens (tertiary/aromatic N) is 1. The fourth-order valence-corrected chi connectivity index (χ4v) is 1.84. The first-order chi connectivity index (χ1) is 5.10. The molecule has 0 aromatic carbocycles. The van der Waals surface area contributed by atoms with Crippen LogP contribution in [0.25, 0.3) is 0 Å². The monoisotopic (exact) mass is 155 g/mol. The van der Waals surface area contributed by atoms with Gasteiger partial charge in [-0.25, -0.2) is 0 Å². The third-order valence-corrected chi connectivity index (χ3v) is 2.85. The van der Waals surface area contributed by atoms with Gasteiger partial charge in [0.1, 0.15) is 0 Å². The topological polar surface area (TPSA) is 20.3 Å². The van der Waals surface area contributed by atoms with Crippen LogP contribution in [-0.2, 0) is 4.79 Å². The normalized spacial score (nSPS) is 31.5. The second kappa shape index (κ2) is 2.84. The molecular weight excluding hydrogens is 138 g/mol. The van der Waals surface area contributed by atoms with Gasteiger partial charge in [0.2, 0.25) is 5.91 Å². The van der Waals surface area contributed by atoms with E-state index >= 15 is 0 Å². The molecule has 1 aliphatic rings. The molecule has 0 aromatic heterocycles. The quantitative estimate of drug-likeness (QED) is 0.595. The molecule has 0 spiro atoms. The van der Waals surface area contributed by atoms with E-state index in [1.54, 1.807) is 0 Å². The van der Waals surface area contributed by atoms with Crippen molar-refractivity contribution in [1.29, 1.82) is 0 Å². The standard InChI is InChI=1S/C9H17NO/c1-4-6-9(2)7-5-8(11)10(9)3/h4-7H2,1-3H3. The van der Waals surface area contributed by atoms with Gasteiger partial charge in [0.15, 0.2) is 0 Å². The highest BCUT2D eigenvalue weighted by atomic mass is 16.2. The van der Waals surface area contributed by atoms with Crippen molar-refractivity contribution in [3.05, 3.63) is 0 Å². The molecule has 0 aromatic rings. The molecular formula is C9H17NO. The van der Waals surface area contributed by atoms with Gasteiger partial charge >= 0.3 is 0 Å². The van der Waals surface area contributed by atoms with E-state index in [2.05, 4.69) is 13.8 Å². The largest absolute Gasteiger partial charge is 0.340 e. The molecule has 0 bridgehead atoms. The summed E-state index contributed by atoms with van der Waals surface area (Å²) in [5.74, 6) is 0.306. The van der Waals surface area contributed by atoms with Crippen LogP contribution in [0.4, 0.5) is 0 Å². The predicted molar refractivity (Wildman–Crippen MR) is 45.3 cm³/mol. The first kappa shape index (κ1) is 8.57. The SMILES string of the molecule is CCCC1(C)CCC(=O)N1C. The van der Waals surface area contributed by atoms with Crippen molar-refractivity contribution in [2.45, 2.75) is 45.1 Å². The summed E-state index contributed by atoms with van der Waals surface area (Å²) in [4.78, 5) is 13.1. The molecule has 2 nitrogen and oxygen atoms in total. The van der Waals surface area contributed by atoms with Gasteiger partial charge in [-0.2, -0.15) is 0 Å². The van der Waals surface area contributed by atoms with Gasteiger partial charge in [-0.1, -0.05) is 13.3 Å². The summed E-state index contributed by atoms with van der Waals surface area (Å²) >= 11 is 0. The minimum atomic E-state index is 0.159. The van der Waals surface area contributed by atoms with E-state index in [1.165, 1.54) is 0 Å². The van der Waals surface area contributed by atoms with Crippen LogP contribution in [0.3, 0.4) is 0 Å². The molecule has 1 rings (SSSR count). The summed E-state index contributed by atoms with van der Waals surface area (Å²) < 4.78 is 0. The summed E-state index contributed by atoms with van der Waals surface area (Å²) in [5.41, 5.74) is 0.159. The summed E-state index contributed by atoms with van der Waals surface area (Å²) in [7, 11) is 1.92. The van der Waals surface area contributed by atoms with Crippen LogP contribution >= 0.6 is 0 Å². The number of hydrogen-bond donors (Lipinski definition) is 0. The Balaban J connectivity index is 2.64. The zero-order valence-corrected chi connectivity index (χ0v) is 7.68. The van der Waals surface area contributed by atoms with E-state index in [4.69, 9.17) is 0 Å². The lowest BCUT2D eigenvalue weighted by molar-refractivity contribution is -0.129. The lowest BCUT2D eigenvalue weighted by Crippen LogP contribution is -2.39. The summed E-state index contributed by atoms with van der Waals surface area (Å²) in [5, 5.41) is 0. The number of amides is 1. The fraction of sp³-hybridized carbons (Fsp3) is 0.889. The second-order valence-corrected chi connectivity index (χ2v) is 3.70. The summed E-state index contributed by atoms with van der Waals surface area (Å²) in [6.45, 7) is 4.35. The van der Waals surface area contributed by atoms with Crippen molar-refractivity contribution in [1.82, 2.24) is 4.90 Å². The number of carbonyl (C=O) groups excluding carboxylic acids is 1. The van der Waals surface area contributed by atoms with Crippen molar-refractivity contribution < 1.29 is 4.79 Å². The Hall–Kier alpha value is -0.530. The van der Waals surface area contributed by atoms with Gasteiger partial charge in [0.05, 0.1) is 0 Å². The molecule has 0 saturated carbocycles. The van der Waals surface area contributed by atoms with Crippen LogP contribution in [0.1, 0.15) is 39.5 Å². The van der Waals surface area contributed by atoms with Gasteiger partial charge in [0, 0.05) is 19.0 Å². The van der Waals surface area contributed by atoms with Crippen LogP contribution in [0.5, 0.6) is 0 Å². The van der Waals surface area contributed by atoms with Crippen molar-refractivity contribution in [2.75, 3.05) is 7.05 Å². The molecule has 1 fully saturated rings. The van der Waals surface area contributed by atoms with Crippen molar-refractivity contribution in [2.24, 2.45) is 0 Å². The van der Waals surface area contributed by atoms with E-state index in [1.807, 2.05) is 11.9 Å². The third-order valence-electron chi connectivity index (χ3n) is 2.85. The van der Waals surface area contributed by atoms with Crippen molar-refractivity contribution in [3.63, 3.8) is 0 Å². The van der Waals surface area contributed by atoms with Crippen molar-refractivity contribution >= 4 is 5.91 Å². The van der Waals surface area contributed by atoms with Crippen molar-refractivity contribution in [3.8, 4) is 0 Å². The van der Waals surface area contributed by atoms with E-state index in [9.17, 15) is 4.79 Å². The van der Waals surface area contributed by atoms with Gasteiger partial charge in [-0.15, -0.1) is 0 Å². The first-order valence-corrected chi connectivity index (χ1v) is 4.37. The molecule has 2 heteroatoms. The van der Waals surface area contributed by atoms with Gasteiger partial charge in [-0.05, 0) is 19.8 Å². The molecule has 1 atom stereocenters. The molecule has 11 heavy (non-hydrogen) atoms. The lowest BCUT2D eigenvalue weighted by Gasteiger charge is -2.31. The number of carbonyl (C=O) groups is 1. The third kappa shape index (κ3) is 1.39. The Bertz CT molecular complexity index is 167. The van der Waals surface area contributed by atoms with E-state index in [0.717, 1.165) is 25.7 Å². The fourth-order valence-electron chi connectivity index (χ4n) is 1.84. The maximum Gasteiger partial charge on any atom is 0.222 e. The van der Waals surface area contributed by atoms with Crippen LogP contribution < -0.4 is 0 Å². The van der Waals surface area contributed by atoms with Crippen LogP contribution in [0.15, 0.2) is 0 Å². The van der Waals surface area contributed by atoms with Crippen LogP contribution in [-0.4, -0.2) is 23.4 Å². The minimum absolute atomic E-state index is 0.159. The average Bonchev–Trinajstić information content (AvgIpc) is 2.19. The van der Waals surface area contributed by atoms with E-state index < -0.39 is 0 Å². The van der Waals surface area contributed by atoms with Crippen LogP contribution in [0.2, 0.25) is 0 Å². The molecule has 1 saturated heterocycles. The number of likely N-dealkylation sites (tertiary alicyclic amines) is 1. The Morgan fingerprint density at radius 1 is 1.64 bits per heavy atom. The molecule has 0 radical (unpaired) electrons. The molecule has 1 aliphatic heterocycles. The van der Waals surface area contributed by atoms with Gasteiger partial charge < -0.3 is 4.90 Å². The molecule has 0 aliphatic carbocycles. The summed E-state index contributed by atoms with van der Waals surface area (Å²) in [6, 6.07) is 0. The highest BCUT2D eigenvalue weighted by Crippen LogP contribution is 2.31. The zero-order valence-electron chi connectivity index (χ0n) is 7.68. The smallest absolute Gasteiger partial charge is 0.222 e. The Morgan fingerprint density at radius 3 is 2.64 bits per heavy atom. The average molecular weight is 155 g/mol. The number of rotatable bonds is 2. The second-order valence-electron chi connectivity index (χ2n) is 3.70. The molecule has 1 unspecified atom stereocenters. The number of hydrogen-bond acceptors (Lipinski definition) is 1. The Morgan fingerprint density at radius 2 is 2.27 bits per heavy atom. The molecule has 64 valence electrons.